The molecule has 116 valence electrons. The molecule has 6 nitrogen and oxygen atoms in total. The molecule has 3 N–H and O–H groups in total. The molecule has 1 heterocycles. The van der Waals surface area contributed by atoms with Gasteiger partial charge in [-0.05, 0) is 30.7 Å². The van der Waals surface area contributed by atoms with Gasteiger partial charge in [0.2, 0.25) is 11.9 Å². The number of aryl methyl sites for hydroxylation is 1. The Morgan fingerprint density at radius 1 is 1.41 bits per heavy atom. The minimum absolute atomic E-state index is 0.0681. The van der Waals surface area contributed by atoms with Crippen LogP contribution in [0.2, 0.25) is 5.15 Å². The molecule has 0 aliphatic rings. The Bertz CT molecular complexity index is 689. The zero-order valence-electron chi connectivity index (χ0n) is 12.1. The third-order valence-electron chi connectivity index (χ3n) is 2.93. The van der Waals surface area contributed by atoms with E-state index in [1.807, 2.05) is 25.1 Å². The fourth-order valence-corrected chi connectivity index (χ4v) is 2.53. The van der Waals surface area contributed by atoms with Crippen LogP contribution in [-0.2, 0) is 4.79 Å². The molecular formula is C14H15BrClN5O. The number of rotatable bonds is 4. The monoisotopic (exact) mass is 383 g/mol. The van der Waals surface area contributed by atoms with E-state index in [1.165, 1.54) is 0 Å². The number of carbonyl (C=O) groups excluding carboxylic acids is 1. The molecule has 0 saturated heterocycles. The van der Waals surface area contributed by atoms with E-state index in [1.54, 1.807) is 18.0 Å². The predicted molar refractivity (Wildman–Crippen MR) is 92.2 cm³/mol. The molecule has 0 unspecified atom stereocenters. The number of nitrogens with one attached hydrogen (secondary N) is 1. The average molecular weight is 385 g/mol. The molecule has 0 atom stereocenters. The van der Waals surface area contributed by atoms with Crippen LogP contribution in [0, 0.1) is 6.92 Å². The highest BCUT2D eigenvalue weighted by Gasteiger charge is 2.11. The van der Waals surface area contributed by atoms with Crippen LogP contribution in [0.5, 0.6) is 0 Å². The van der Waals surface area contributed by atoms with Crippen molar-refractivity contribution < 1.29 is 4.79 Å². The van der Waals surface area contributed by atoms with Gasteiger partial charge in [-0.25, -0.2) is 4.98 Å². The topological polar surface area (TPSA) is 84.1 Å². The van der Waals surface area contributed by atoms with Gasteiger partial charge in [0, 0.05) is 23.3 Å². The van der Waals surface area contributed by atoms with Crippen molar-refractivity contribution in [2.45, 2.75) is 6.92 Å². The summed E-state index contributed by atoms with van der Waals surface area (Å²) in [6.07, 6.45) is 0. The molecule has 1 aromatic carbocycles. The van der Waals surface area contributed by atoms with Crippen LogP contribution in [0.1, 0.15) is 5.56 Å². The Morgan fingerprint density at radius 3 is 2.77 bits per heavy atom. The van der Waals surface area contributed by atoms with Gasteiger partial charge in [-0.15, -0.1) is 0 Å². The number of benzene rings is 1. The van der Waals surface area contributed by atoms with Gasteiger partial charge < -0.3 is 16.0 Å². The number of hydrogen-bond acceptors (Lipinski definition) is 5. The summed E-state index contributed by atoms with van der Waals surface area (Å²) >= 11 is 9.22. The van der Waals surface area contributed by atoms with Gasteiger partial charge in [-0.1, -0.05) is 27.5 Å². The molecule has 22 heavy (non-hydrogen) atoms. The Labute approximate surface area is 141 Å². The largest absolute Gasteiger partial charge is 0.368 e. The summed E-state index contributed by atoms with van der Waals surface area (Å²) in [4.78, 5) is 21.6. The minimum Gasteiger partial charge on any atom is -0.368 e. The molecule has 0 aliphatic carbocycles. The van der Waals surface area contributed by atoms with Gasteiger partial charge in [0.1, 0.15) is 11.0 Å². The van der Waals surface area contributed by atoms with E-state index >= 15 is 0 Å². The number of carbonyl (C=O) groups is 1. The number of hydrogen-bond donors (Lipinski definition) is 2. The first-order valence-electron chi connectivity index (χ1n) is 6.42. The van der Waals surface area contributed by atoms with Crippen molar-refractivity contribution in [2.75, 3.05) is 29.5 Å². The molecule has 0 radical (unpaired) electrons. The van der Waals surface area contributed by atoms with Gasteiger partial charge >= 0.3 is 0 Å². The van der Waals surface area contributed by atoms with Crippen molar-refractivity contribution in [1.29, 1.82) is 0 Å². The second-order valence-corrected chi connectivity index (χ2v) is 6.07. The number of aromatic nitrogens is 2. The zero-order valence-corrected chi connectivity index (χ0v) is 14.4. The molecule has 8 heteroatoms. The van der Waals surface area contributed by atoms with E-state index in [9.17, 15) is 4.79 Å². The van der Waals surface area contributed by atoms with Gasteiger partial charge in [-0.3, -0.25) is 4.79 Å². The van der Waals surface area contributed by atoms with Crippen LogP contribution >= 0.6 is 27.5 Å². The van der Waals surface area contributed by atoms with Crippen molar-refractivity contribution in [3.8, 4) is 0 Å². The van der Waals surface area contributed by atoms with E-state index in [-0.39, 0.29) is 23.6 Å². The SMILES string of the molecule is Cc1cc(Br)ccc1NC(=O)CN(C)c1cc(Cl)nc(N)n1. The lowest BCUT2D eigenvalue weighted by atomic mass is 10.2. The Balaban J connectivity index is 2.05. The zero-order chi connectivity index (χ0) is 16.3. The van der Waals surface area contributed by atoms with E-state index < -0.39 is 0 Å². The van der Waals surface area contributed by atoms with Crippen molar-refractivity contribution >= 4 is 50.9 Å². The van der Waals surface area contributed by atoms with Crippen molar-refractivity contribution in [1.82, 2.24) is 9.97 Å². The Kier molecular flexibility index (Phi) is 5.20. The molecule has 2 aromatic rings. The summed E-state index contributed by atoms with van der Waals surface area (Å²) in [6, 6.07) is 7.20. The van der Waals surface area contributed by atoms with Gasteiger partial charge in [0.15, 0.2) is 0 Å². The fraction of sp³-hybridized carbons (Fsp3) is 0.214. The normalized spacial score (nSPS) is 10.4. The van der Waals surface area contributed by atoms with Crippen LogP contribution in [-0.4, -0.2) is 29.5 Å². The van der Waals surface area contributed by atoms with Gasteiger partial charge in [0.25, 0.3) is 0 Å². The molecule has 0 saturated carbocycles. The Hall–Kier alpha value is -1.86. The second-order valence-electron chi connectivity index (χ2n) is 4.77. The standard InChI is InChI=1S/C14H15BrClN5O/c1-8-5-9(15)3-4-10(8)18-13(22)7-21(2)12-6-11(16)19-14(17)20-12/h3-6H,7H2,1-2H3,(H,18,22)(H2,17,19,20). The van der Waals surface area contributed by atoms with Crippen LogP contribution in [0.3, 0.4) is 0 Å². The maximum absolute atomic E-state index is 12.1. The summed E-state index contributed by atoms with van der Waals surface area (Å²) in [6.45, 7) is 2.04. The van der Waals surface area contributed by atoms with Crippen molar-refractivity contribution in [3.05, 3.63) is 39.5 Å². The lowest BCUT2D eigenvalue weighted by Gasteiger charge is -2.18. The molecule has 0 bridgehead atoms. The quantitative estimate of drug-likeness (QED) is 0.792. The Morgan fingerprint density at radius 2 is 2.14 bits per heavy atom. The second kappa shape index (κ2) is 6.93. The fourth-order valence-electron chi connectivity index (χ4n) is 1.87. The summed E-state index contributed by atoms with van der Waals surface area (Å²) in [5.41, 5.74) is 7.28. The maximum Gasteiger partial charge on any atom is 0.243 e. The highest BCUT2D eigenvalue weighted by Crippen LogP contribution is 2.20. The number of nitrogens with zero attached hydrogens (tertiary/aromatic N) is 3. The summed E-state index contributed by atoms with van der Waals surface area (Å²) < 4.78 is 0.964. The molecule has 1 amide bonds. The van der Waals surface area contributed by atoms with Gasteiger partial charge in [0.05, 0.1) is 6.54 Å². The van der Waals surface area contributed by atoms with Crippen LogP contribution < -0.4 is 16.0 Å². The van der Waals surface area contributed by atoms with Crippen molar-refractivity contribution in [3.63, 3.8) is 0 Å². The third kappa shape index (κ3) is 4.32. The van der Waals surface area contributed by atoms with Crippen LogP contribution in [0.25, 0.3) is 0 Å². The molecular weight excluding hydrogens is 370 g/mol. The maximum atomic E-state index is 12.1. The third-order valence-corrected chi connectivity index (χ3v) is 3.62. The first-order valence-corrected chi connectivity index (χ1v) is 7.59. The molecule has 0 spiro atoms. The van der Waals surface area contributed by atoms with Gasteiger partial charge in [-0.2, -0.15) is 4.98 Å². The summed E-state index contributed by atoms with van der Waals surface area (Å²) in [5.74, 6) is 0.389. The van der Waals surface area contributed by atoms with E-state index in [0.717, 1.165) is 15.7 Å². The first kappa shape index (κ1) is 16.5. The summed E-state index contributed by atoms with van der Waals surface area (Å²) in [5, 5.41) is 3.09. The lowest BCUT2D eigenvalue weighted by Crippen LogP contribution is -2.31. The number of amides is 1. The van der Waals surface area contributed by atoms with Crippen LogP contribution in [0.4, 0.5) is 17.5 Å². The number of likely N-dealkylation sites (N-methyl/N-ethyl adjacent to an activating group) is 1. The molecule has 0 fully saturated rings. The molecule has 2 rings (SSSR count). The number of anilines is 3. The number of nitrogens with two attached hydrogens (primary N) is 1. The van der Waals surface area contributed by atoms with E-state index in [0.29, 0.717) is 5.82 Å². The highest BCUT2D eigenvalue weighted by molar-refractivity contribution is 9.10. The number of halogens is 2. The van der Waals surface area contributed by atoms with E-state index in [4.69, 9.17) is 17.3 Å². The average Bonchev–Trinajstić information content (AvgIpc) is 2.40. The minimum atomic E-state index is -0.166. The lowest BCUT2D eigenvalue weighted by molar-refractivity contribution is -0.114. The highest BCUT2D eigenvalue weighted by atomic mass is 79.9. The first-order chi connectivity index (χ1) is 10.3. The smallest absolute Gasteiger partial charge is 0.243 e. The number of nitrogen functional groups attached to an aromatic ring is 1. The van der Waals surface area contributed by atoms with Crippen LogP contribution in [0.15, 0.2) is 28.7 Å². The molecule has 0 aliphatic heterocycles. The predicted octanol–water partition coefficient (Wildman–Crippen LogP) is 2.86. The summed E-state index contributed by atoms with van der Waals surface area (Å²) in [7, 11) is 1.73. The van der Waals surface area contributed by atoms with Crippen molar-refractivity contribution in [2.24, 2.45) is 0 Å². The van der Waals surface area contributed by atoms with E-state index in [2.05, 4.69) is 31.2 Å². The molecule has 1 aromatic heterocycles.